The monoisotopic (exact) mass is 255 g/mol. The lowest BCUT2D eigenvalue weighted by molar-refractivity contribution is 0.634. The molecule has 0 saturated heterocycles. The molecule has 16 heavy (non-hydrogen) atoms. The molecular weight excluding hydrogens is 242 g/mol. The van der Waals surface area contributed by atoms with Crippen molar-refractivity contribution < 1.29 is 0 Å². The van der Waals surface area contributed by atoms with E-state index in [9.17, 15) is 0 Å². The van der Waals surface area contributed by atoms with Gasteiger partial charge in [-0.05, 0) is 37.2 Å². The summed E-state index contributed by atoms with van der Waals surface area (Å²) in [5.74, 6) is 0.722. The molecule has 0 spiro atoms. The molecule has 1 fully saturated rings. The molecule has 1 aromatic heterocycles. The van der Waals surface area contributed by atoms with Gasteiger partial charge in [-0.15, -0.1) is 0 Å². The van der Waals surface area contributed by atoms with Crippen LogP contribution in [0.1, 0.15) is 25.7 Å². The predicted molar refractivity (Wildman–Crippen MR) is 70.9 cm³/mol. The topological polar surface area (TPSA) is 37.0 Å². The molecule has 1 aromatic rings. The fraction of sp³-hybridized carbons (Fsp3) is 0.455. The Hall–Kier alpha value is -0.870. The molecule has 1 aliphatic carbocycles. The minimum Gasteiger partial charge on any atom is -0.360 e. The second-order valence-corrected chi connectivity index (χ2v) is 4.79. The molecule has 1 saturated carbocycles. The summed E-state index contributed by atoms with van der Waals surface area (Å²) in [7, 11) is 0. The standard InChI is InChI=1S/C11H14ClN3S/c12-8-5-6-10(13-7-8)15-11(16)14-9-3-1-2-4-9/h5-7,9H,1-4H2,(H2,13,14,15,16). The largest absolute Gasteiger partial charge is 0.360 e. The van der Waals surface area contributed by atoms with Crippen molar-refractivity contribution in [2.45, 2.75) is 31.7 Å². The van der Waals surface area contributed by atoms with Gasteiger partial charge in [0.25, 0.3) is 0 Å². The average Bonchev–Trinajstić information content (AvgIpc) is 2.74. The minimum atomic E-state index is 0.521. The predicted octanol–water partition coefficient (Wildman–Crippen LogP) is 2.96. The molecule has 2 rings (SSSR count). The number of nitrogens with one attached hydrogen (secondary N) is 2. The molecular formula is C11H14ClN3S. The van der Waals surface area contributed by atoms with Crippen molar-refractivity contribution in [1.29, 1.82) is 0 Å². The summed E-state index contributed by atoms with van der Waals surface area (Å²) in [5.41, 5.74) is 0. The van der Waals surface area contributed by atoms with Crippen molar-refractivity contribution in [3.8, 4) is 0 Å². The van der Waals surface area contributed by atoms with E-state index in [2.05, 4.69) is 15.6 Å². The number of halogens is 1. The van der Waals surface area contributed by atoms with Gasteiger partial charge >= 0.3 is 0 Å². The Morgan fingerprint density at radius 1 is 1.38 bits per heavy atom. The number of aromatic nitrogens is 1. The normalized spacial score (nSPS) is 16.1. The van der Waals surface area contributed by atoms with Crippen LogP contribution < -0.4 is 10.6 Å². The molecule has 0 unspecified atom stereocenters. The van der Waals surface area contributed by atoms with Crippen LogP contribution in [0.25, 0.3) is 0 Å². The fourth-order valence-corrected chi connectivity index (χ4v) is 2.24. The SMILES string of the molecule is S=C(Nc1ccc(Cl)cn1)NC1CCCC1. The molecule has 0 aliphatic heterocycles. The van der Waals surface area contributed by atoms with Crippen LogP contribution >= 0.6 is 23.8 Å². The first kappa shape index (κ1) is 11.6. The van der Waals surface area contributed by atoms with Crippen LogP contribution in [0.5, 0.6) is 0 Å². The highest BCUT2D eigenvalue weighted by molar-refractivity contribution is 7.80. The number of hydrogen-bond acceptors (Lipinski definition) is 2. The highest BCUT2D eigenvalue weighted by Crippen LogP contribution is 2.17. The van der Waals surface area contributed by atoms with E-state index >= 15 is 0 Å². The lowest BCUT2D eigenvalue weighted by Crippen LogP contribution is -2.36. The van der Waals surface area contributed by atoms with E-state index in [1.165, 1.54) is 25.7 Å². The van der Waals surface area contributed by atoms with Crippen molar-refractivity contribution in [3.05, 3.63) is 23.4 Å². The second-order valence-electron chi connectivity index (χ2n) is 3.94. The lowest BCUT2D eigenvalue weighted by atomic mass is 10.3. The molecule has 1 aliphatic rings. The molecule has 1 heterocycles. The smallest absolute Gasteiger partial charge is 0.172 e. The number of nitrogens with zero attached hydrogens (tertiary/aromatic N) is 1. The number of thiocarbonyl (C=S) groups is 1. The first-order valence-corrected chi connectivity index (χ1v) is 6.22. The van der Waals surface area contributed by atoms with Gasteiger partial charge in [0.05, 0.1) is 5.02 Å². The van der Waals surface area contributed by atoms with Crippen LogP contribution in [0, 0.1) is 0 Å². The average molecular weight is 256 g/mol. The summed E-state index contributed by atoms with van der Waals surface area (Å²) in [4.78, 5) is 4.12. The van der Waals surface area contributed by atoms with Crippen LogP contribution in [0.2, 0.25) is 5.02 Å². The number of pyridine rings is 1. The molecule has 0 bridgehead atoms. The van der Waals surface area contributed by atoms with Crippen molar-refractivity contribution in [1.82, 2.24) is 10.3 Å². The van der Waals surface area contributed by atoms with E-state index in [1.54, 1.807) is 12.3 Å². The van der Waals surface area contributed by atoms with E-state index in [-0.39, 0.29) is 0 Å². The Labute approximate surface area is 106 Å². The third-order valence-electron chi connectivity index (χ3n) is 2.66. The Kier molecular flexibility index (Phi) is 3.96. The van der Waals surface area contributed by atoms with Crippen LogP contribution in [0.4, 0.5) is 5.82 Å². The van der Waals surface area contributed by atoms with Gasteiger partial charge in [-0.3, -0.25) is 0 Å². The first-order valence-electron chi connectivity index (χ1n) is 5.43. The van der Waals surface area contributed by atoms with Gasteiger partial charge < -0.3 is 10.6 Å². The Morgan fingerprint density at radius 3 is 2.75 bits per heavy atom. The number of rotatable bonds is 2. The summed E-state index contributed by atoms with van der Waals surface area (Å²) in [6, 6.07) is 4.12. The number of hydrogen-bond donors (Lipinski definition) is 2. The van der Waals surface area contributed by atoms with Gasteiger partial charge in [-0.2, -0.15) is 0 Å². The van der Waals surface area contributed by atoms with Crippen LogP contribution in [0.3, 0.4) is 0 Å². The molecule has 0 aromatic carbocycles. The second kappa shape index (κ2) is 5.46. The van der Waals surface area contributed by atoms with E-state index in [0.29, 0.717) is 16.2 Å². The van der Waals surface area contributed by atoms with Gasteiger partial charge in [0.1, 0.15) is 5.82 Å². The lowest BCUT2D eigenvalue weighted by Gasteiger charge is -2.15. The van der Waals surface area contributed by atoms with Crippen LogP contribution in [0.15, 0.2) is 18.3 Å². The Morgan fingerprint density at radius 2 is 2.12 bits per heavy atom. The summed E-state index contributed by atoms with van der Waals surface area (Å²) >= 11 is 11.0. The zero-order chi connectivity index (χ0) is 11.4. The first-order chi connectivity index (χ1) is 7.74. The highest BCUT2D eigenvalue weighted by atomic mass is 35.5. The van der Waals surface area contributed by atoms with E-state index in [1.807, 2.05) is 6.07 Å². The highest BCUT2D eigenvalue weighted by Gasteiger charge is 2.15. The summed E-state index contributed by atoms with van der Waals surface area (Å²) in [6.07, 6.45) is 6.59. The molecule has 0 radical (unpaired) electrons. The van der Waals surface area contributed by atoms with Gasteiger partial charge in [0.2, 0.25) is 0 Å². The maximum Gasteiger partial charge on any atom is 0.172 e. The minimum absolute atomic E-state index is 0.521. The molecule has 0 amide bonds. The molecule has 2 N–H and O–H groups in total. The van der Waals surface area contributed by atoms with Crippen molar-refractivity contribution in [2.75, 3.05) is 5.32 Å². The molecule has 5 heteroatoms. The third kappa shape index (κ3) is 3.32. The maximum atomic E-state index is 5.75. The molecule has 3 nitrogen and oxygen atoms in total. The van der Waals surface area contributed by atoms with Crippen molar-refractivity contribution in [3.63, 3.8) is 0 Å². The summed E-state index contributed by atoms with van der Waals surface area (Å²) in [5, 5.41) is 7.60. The zero-order valence-corrected chi connectivity index (χ0v) is 10.4. The maximum absolute atomic E-state index is 5.75. The fourth-order valence-electron chi connectivity index (χ4n) is 1.86. The van der Waals surface area contributed by atoms with Crippen molar-refractivity contribution >= 4 is 34.7 Å². The molecule has 0 atom stereocenters. The quantitative estimate of drug-likeness (QED) is 0.797. The van der Waals surface area contributed by atoms with Crippen molar-refractivity contribution in [2.24, 2.45) is 0 Å². The summed E-state index contributed by atoms with van der Waals surface area (Å²) in [6.45, 7) is 0. The summed E-state index contributed by atoms with van der Waals surface area (Å²) < 4.78 is 0. The zero-order valence-electron chi connectivity index (χ0n) is 8.87. The molecule has 86 valence electrons. The van der Waals surface area contributed by atoms with E-state index < -0.39 is 0 Å². The van der Waals surface area contributed by atoms with Gasteiger partial charge in [-0.1, -0.05) is 24.4 Å². The Bertz CT molecular complexity index is 360. The van der Waals surface area contributed by atoms with Gasteiger partial charge in [0.15, 0.2) is 5.11 Å². The van der Waals surface area contributed by atoms with Crippen LogP contribution in [-0.4, -0.2) is 16.1 Å². The Balaban J connectivity index is 1.84. The van der Waals surface area contributed by atoms with E-state index in [4.69, 9.17) is 23.8 Å². The van der Waals surface area contributed by atoms with Crippen LogP contribution in [-0.2, 0) is 0 Å². The third-order valence-corrected chi connectivity index (χ3v) is 3.10. The van der Waals surface area contributed by atoms with Gasteiger partial charge in [0, 0.05) is 12.2 Å². The number of anilines is 1. The van der Waals surface area contributed by atoms with Gasteiger partial charge in [-0.25, -0.2) is 4.98 Å². The van der Waals surface area contributed by atoms with E-state index in [0.717, 1.165) is 5.82 Å².